The van der Waals surface area contributed by atoms with E-state index in [1.54, 1.807) is 5.38 Å². The maximum atomic E-state index is 11.4. The van der Waals surface area contributed by atoms with Crippen LogP contribution >= 0.6 is 34.7 Å². The Morgan fingerprint density at radius 1 is 1.65 bits per heavy atom. The Kier molecular flexibility index (Phi) is 4.00. The van der Waals surface area contributed by atoms with Crippen LogP contribution in [-0.2, 0) is 0 Å². The molecule has 1 fully saturated rings. The van der Waals surface area contributed by atoms with E-state index in [9.17, 15) is 4.79 Å². The number of rotatable bonds is 3. The Bertz CT molecular complexity index is 419. The number of alkyl halides is 1. The number of hydrogen-bond acceptors (Lipinski definition) is 5. The molecule has 0 saturated carbocycles. The molecule has 0 N–H and O–H groups in total. The van der Waals surface area contributed by atoms with Crippen molar-refractivity contribution in [3.63, 3.8) is 0 Å². The Hall–Kier alpha value is -0.260. The molecule has 94 valence electrons. The molecule has 0 aliphatic carbocycles. The van der Waals surface area contributed by atoms with Gasteiger partial charge in [-0.2, -0.15) is 11.8 Å². The molecule has 0 bridgehead atoms. The summed E-state index contributed by atoms with van der Waals surface area (Å²) >= 11 is 9.04. The van der Waals surface area contributed by atoms with Crippen LogP contribution in [0.15, 0.2) is 5.38 Å². The van der Waals surface area contributed by atoms with Crippen molar-refractivity contribution in [2.24, 2.45) is 0 Å². The van der Waals surface area contributed by atoms with Gasteiger partial charge in [-0.05, 0) is 13.8 Å². The lowest BCUT2D eigenvalue weighted by atomic mass is 10.2. The quantitative estimate of drug-likeness (QED) is 0.633. The highest BCUT2D eigenvalue weighted by Gasteiger charge is 2.28. The van der Waals surface area contributed by atoms with Crippen LogP contribution in [-0.4, -0.2) is 40.2 Å². The Morgan fingerprint density at radius 3 is 3.06 bits per heavy atom. The summed E-state index contributed by atoms with van der Waals surface area (Å²) in [4.78, 5) is 18.1. The second-order valence-corrected chi connectivity index (χ2v) is 7.51. The van der Waals surface area contributed by atoms with E-state index in [1.165, 1.54) is 11.3 Å². The SMILES string of the molecule is CC1(C)CN(c2nc(C(=O)CCl)cs2)CCS1. The van der Waals surface area contributed by atoms with Gasteiger partial charge < -0.3 is 4.90 Å². The highest BCUT2D eigenvalue weighted by atomic mass is 35.5. The summed E-state index contributed by atoms with van der Waals surface area (Å²) in [5.41, 5.74) is 0.496. The van der Waals surface area contributed by atoms with Crippen LogP contribution in [0.1, 0.15) is 24.3 Å². The van der Waals surface area contributed by atoms with Crippen LogP contribution in [0.2, 0.25) is 0 Å². The second-order valence-electron chi connectivity index (χ2n) is 4.60. The predicted octanol–water partition coefficient (Wildman–Crippen LogP) is 2.90. The number of halogens is 1. The molecule has 2 heterocycles. The highest BCUT2D eigenvalue weighted by Crippen LogP contribution is 2.33. The predicted molar refractivity (Wildman–Crippen MR) is 75.9 cm³/mol. The topological polar surface area (TPSA) is 33.2 Å². The van der Waals surface area contributed by atoms with E-state index in [2.05, 4.69) is 23.7 Å². The lowest BCUT2D eigenvalue weighted by molar-refractivity contribution is 0.101. The number of carbonyl (C=O) groups is 1. The fraction of sp³-hybridized carbons (Fsp3) is 0.636. The molecule has 17 heavy (non-hydrogen) atoms. The van der Waals surface area contributed by atoms with Crippen LogP contribution in [0.3, 0.4) is 0 Å². The van der Waals surface area contributed by atoms with Gasteiger partial charge in [0.2, 0.25) is 0 Å². The summed E-state index contributed by atoms with van der Waals surface area (Å²) in [5, 5.41) is 2.74. The third-order valence-corrected chi connectivity index (χ3v) is 5.04. The molecule has 3 nitrogen and oxygen atoms in total. The lowest BCUT2D eigenvalue weighted by Crippen LogP contribution is -2.43. The number of thiazole rings is 1. The number of thioether (sulfide) groups is 1. The molecule has 0 amide bonds. The first-order valence-corrected chi connectivity index (χ1v) is 7.85. The normalized spacial score (nSPS) is 19.4. The summed E-state index contributed by atoms with van der Waals surface area (Å²) in [6, 6.07) is 0. The second kappa shape index (κ2) is 5.16. The molecule has 2 rings (SSSR count). The number of anilines is 1. The summed E-state index contributed by atoms with van der Waals surface area (Å²) in [6.07, 6.45) is 0. The maximum absolute atomic E-state index is 11.4. The third kappa shape index (κ3) is 3.14. The minimum atomic E-state index is -0.0974. The Morgan fingerprint density at radius 2 is 2.41 bits per heavy atom. The van der Waals surface area contributed by atoms with Gasteiger partial charge in [0.1, 0.15) is 5.69 Å². The molecular weight excluding hydrogens is 276 g/mol. The highest BCUT2D eigenvalue weighted by molar-refractivity contribution is 8.00. The van der Waals surface area contributed by atoms with Crippen molar-refractivity contribution in [3.8, 4) is 0 Å². The smallest absolute Gasteiger partial charge is 0.196 e. The molecule has 1 aliphatic heterocycles. The maximum Gasteiger partial charge on any atom is 0.196 e. The molecular formula is C11H15ClN2OS2. The molecule has 0 atom stereocenters. The molecule has 1 aromatic rings. The van der Waals surface area contributed by atoms with E-state index in [-0.39, 0.29) is 16.4 Å². The monoisotopic (exact) mass is 290 g/mol. The van der Waals surface area contributed by atoms with Gasteiger partial charge in [0, 0.05) is 29.0 Å². The molecule has 6 heteroatoms. The largest absolute Gasteiger partial charge is 0.346 e. The van der Waals surface area contributed by atoms with Crippen molar-refractivity contribution in [2.45, 2.75) is 18.6 Å². The minimum absolute atomic E-state index is 0.00448. The first-order chi connectivity index (χ1) is 8.02. The van der Waals surface area contributed by atoms with E-state index >= 15 is 0 Å². The van der Waals surface area contributed by atoms with E-state index in [0.717, 1.165) is 24.0 Å². The number of ketones is 1. The van der Waals surface area contributed by atoms with Gasteiger partial charge >= 0.3 is 0 Å². The number of nitrogens with zero attached hydrogens (tertiary/aromatic N) is 2. The van der Waals surface area contributed by atoms with Gasteiger partial charge in [-0.15, -0.1) is 22.9 Å². The average Bonchev–Trinajstić information content (AvgIpc) is 2.76. The van der Waals surface area contributed by atoms with Crippen molar-refractivity contribution in [1.29, 1.82) is 0 Å². The molecule has 0 aromatic carbocycles. The van der Waals surface area contributed by atoms with Crippen molar-refractivity contribution >= 4 is 45.6 Å². The number of carbonyl (C=O) groups excluding carboxylic acids is 1. The van der Waals surface area contributed by atoms with Gasteiger partial charge in [-0.3, -0.25) is 4.79 Å². The van der Waals surface area contributed by atoms with Gasteiger partial charge in [0.25, 0.3) is 0 Å². The van der Waals surface area contributed by atoms with Crippen LogP contribution in [0.25, 0.3) is 0 Å². The Labute approximate surface area is 115 Å². The zero-order valence-electron chi connectivity index (χ0n) is 9.90. The zero-order valence-corrected chi connectivity index (χ0v) is 12.3. The van der Waals surface area contributed by atoms with Crippen LogP contribution < -0.4 is 4.90 Å². The molecule has 1 aromatic heterocycles. The van der Waals surface area contributed by atoms with Gasteiger partial charge in [0.05, 0.1) is 5.88 Å². The van der Waals surface area contributed by atoms with Crippen molar-refractivity contribution < 1.29 is 4.79 Å². The fourth-order valence-electron chi connectivity index (χ4n) is 1.79. The zero-order chi connectivity index (χ0) is 12.5. The van der Waals surface area contributed by atoms with E-state index in [4.69, 9.17) is 11.6 Å². The fourth-order valence-corrected chi connectivity index (χ4v) is 3.89. The summed E-state index contributed by atoms with van der Waals surface area (Å²) < 4.78 is 0.251. The summed E-state index contributed by atoms with van der Waals surface area (Å²) in [5.74, 6) is 1.01. The number of aromatic nitrogens is 1. The van der Waals surface area contributed by atoms with Crippen LogP contribution in [0, 0.1) is 0 Å². The molecule has 1 saturated heterocycles. The van der Waals surface area contributed by atoms with Crippen molar-refractivity contribution in [1.82, 2.24) is 4.98 Å². The minimum Gasteiger partial charge on any atom is -0.346 e. The van der Waals surface area contributed by atoms with E-state index in [0.29, 0.717) is 5.69 Å². The molecule has 0 radical (unpaired) electrons. The van der Waals surface area contributed by atoms with Crippen LogP contribution in [0.5, 0.6) is 0 Å². The summed E-state index contributed by atoms with van der Waals surface area (Å²) in [7, 11) is 0. The van der Waals surface area contributed by atoms with E-state index < -0.39 is 0 Å². The third-order valence-electron chi connectivity index (χ3n) is 2.60. The average molecular weight is 291 g/mol. The first kappa shape index (κ1) is 13.2. The van der Waals surface area contributed by atoms with Gasteiger partial charge in [0.15, 0.2) is 10.9 Å². The lowest BCUT2D eigenvalue weighted by Gasteiger charge is -2.37. The number of Topliss-reactive ketones (excluding diaryl/α,β-unsaturated/α-hetero) is 1. The van der Waals surface area contributed by atoms with Crippen molar-refractivity contribution in [2.75, 3.05) is 29.6 Å². The molecule has 1 aliphatic rings. The van der Waals surface area contributed by atoms with Gasteiger partial charge in [-0.25, -0.2) is 4.98 Å². The molecule has 0 unspecified atom stereocenters. The van der Waals surface area contributed by atoms with Crippen LogP contribution in [0.4, 0.5) is 5.13 Å². The van der Waals surface area contributed by atoms with Crippen molar-refractivity contribution in [3.05, 3.63) is 11.1 Å². The molecule has 0 spiro atoms. The summed E-state index contributed by atoms with van der Waals surface area (Å²) in [6.45, 7) is 6.44. The van der Waals surface area contributed by atoms with Gasteiger partial charge in [-0.1, -0.05) is 0 Å². The number of hydrogen-bond donors (Lipinski definition) is 0. The van der Waals surface area contributed by atoms with E-state index in [1.807, 2.05) is 11.8 Å². The standard InChI is InChI=1S/C11H15ClN2OS2/c1-11(2)7-14(3-4-17-11)10-13-8(6-16-10)9(15)5-12/h6H,3-5,7H2,1-2H3. The first-order valence-electron chi connectivity index (χ1n) is 5.45. The Balaban J connectivity index is 2.12.